The van der Waals surface area contributed by atoms with E-state index in [1.54, 1.807) is 45.0 Å². The molecule has 12 heteroatoms. The molecule has 0 bridgehead atoms. The van der Waals surface area contributed by atoms with E-state index in [0.717, 1.165) is 0 Å². The van der Waals surface area contributed by atoms with Crippen LogP contribution in [0.3, 0.4) is 0 Å². The summed E-state index contributed by atoms with van der Waals surface area (Å²) in [6, 6.07) is 6.32. The van der Waals surface area contributed by atoms with Crippen molar-refractivity contribution < 1.29 is 28.7 Å². The molecular formula is C19H24N6O6. The van der Waals surface area contributed by atoms with Gasteiger partial charge in [0.25, 0.3) is 5.91 Å². The van der Waals surface area contributed by atoms with Crippen LogP contribution in [0.4, 0.5) is 21.2 Å². The predicted octanol–water partition coefficient (Wildman–Crippen LogP) is 2.60. The number of methoxy groups -OCH3 is 1. The molecule has 31 heavy (non-hydrogen) atoms. The van der Waals surface area contributed by atoms with Crippen LogP contribution in [0.1, 0.15) is 20.8 Å². The number of azo groups is 1. The largest absolute Gasteiger partial charge is 0.468 e. The molecule has 0 saturated heterocycles. The van der Waals surface area contributed by atoms with Gasteiger partial charge in [0.2, 0.25) is 0 Å². The van der Waals surface area contributed by atoms with Crippen LogP contribution in [0.2, 0.25) is 0 Å². The number of anilines is 1. The second-order valence-electron chi connectivity index (χ2n) is 7.23. The van der Waals surface area contributed by atoms with Crippen LogP contribution in [0.25, 0.3) is 10.8 Å². The van der Waals surface area contributed by atoms with Crippen molar-refractivity contribution in [3.8, 4) is 0 Å². The van der Waals surface area contributed by atoms with Crippen molar-refractivity contribution in [3.05, 3.63) is 24.3 Å². The number of amides is 4. The Bertz CT molecular complexity index is 1010. The summed E-state index contributed by atoms with van der Waals surface area (Å²) >= 11 is 0. The van der Waals surface area contributed by atoms with Crippen molar-refractivity contribution in [1.82, 2.24) is 15.6 Å². The summed E-state index contributed by atoms with van der Waals surface area (Å²) in [7, 11) is 1.21. The Kier molecular flexibility index (Phi) is 7.66. The highest BCUT2D eigenvalue weighted by molar-refractivity contribution is 6.05. The quantitative estimate of drug-likeness (QED) is 0.405. The minimum absolute atomic E-state index is 0.226. The van der Waals surface area contributed by atoms with Gasteiger partial charge in [0.1, 0.15) is 24.5 Å². The summed E-state index contributed by atoms with van der Waals surface area (Å²) in [5, 5.41) is 15.9. The first-order chi connectivity index (χ1) is 14.6. The maximum Gasteiger partial charge on any atom is 0.408 e. The lowest BCUT2D eigenvalue weighted by Gasteiger charge is -2.19. The SMILES string of the molecule is COC(=O)CNC(=O)Nc1[nH]c(N=NC(=O)CNC(=O)OC(C)(C)C)c2ccccc12. The first-order valence-corrected chi connectivity index (χ1v) is 9.23. The molecule has 0 fully saturated rings. The van der Waals surface area contributed by atoms with E-state index in [1.807, 2.05) is 0 Å². The monoisotopic (exact) mass is 432 g/mol. The topological polar surface area (TPSA) is 163 Å². The number of carbonyl (C=O) groups is 4. The van der Waals surface area contributed by atoms with Gasteiger partial charge in [-0.25, -0.2) is 9.59 Å². The van der Waals surface area contributed by atoms with E-state index in [4.69, 9.17) is 4.74 Å². The van der Waals surface area contributed by atoms with E-state index in [0.29, 0.717) is 16.6 Å². The average Bonchev–Trinajstić information content (AvgIpc) is 3.05. The maximum atomic E-state index is 12.0. The second-order valence-corrected chi connectivity index (χ2v) is 7.23. The van der Waals surface area contributed by atoms with Gasteiger partial charge in [-0.3, -0.25) is 14.9 Å². The Morgan fingerprint density at radius 3 is 2.35 bits per heavy atom. The number of urea groups is 1. The van der Waals surface area contributed by atoms with E-state index < -0.39 is 36.1 Å². The zero-order valence-electron chi connectivity index (χ0n) is 17.6. The molecular weight excluding hydrogens is 408 g/mol. The number of aromatic nitrogens is 1. The zero-order valence-corrected chi connectivity index (χ0v) is 17.6. The van der Waals surface area contributed by atoms with Crippen molar-refractivity contribution in [2.75, 3.05) is 25.5 Å². The molecule has 0 saturated carbocycles. The molecule has 166 valence electrons. The summed E-state index contributed by atoms with van der Waals surface area (Å²) < 4.78 is 9.49. The van der Waals surface area contributed by atoms with E-state index in [9.17, 15) is 19.2 Å². The number of esters is 1. The Balaban J connectivity index is 2.05. The number of H-pyrrole nitrogens is 1. The van der Waals surface area contributed by atoms with Gasteiger partial charge in [-0.1, -0.05) is 24.3 Å². The number of carbonyl (C=O) groups excluding carboxylic acids is 4. The number of fused-ring (bicyclic) bond motifs is 1. The number of benzene rings is 1. The van der Waals surface area contributed by atoms with Gasteiger partial charge < -0.3 is 25.1 Å². The molecule has 2 aromatic rings. The molecule has 4 N–H and O–H groups in total. The molecule has 1 heterocycles. The molecule has 0 atom stereocenters. The molecule has 0 aliphatic heterocycles. The Morgan fingerprint density at radius 1 is 1.03 bits per heavy atom. The molecule has 2 rings (SSSR count). The highest BCUT2D eigenvalue weighted by Crippen LogP contribution is 2.32. The van der Waals surface area contributed by atoms with Crippen LogP contribution in [0, 0.1) is 0 Å². The Labute approximate surface area is 177 Å². The predicted molar refractivity (Wildman–Crippen MR) is 111 cm³/mol. The number of nitrogens with one attached hydrogen (secondary N) is 4. The number of ether oxygens (including phenoxy) is 2. The third-order valence-electron chi connectivity index (χ3n) is 3.60. The standard InChI is InChI=1S/C19H24N6O6/c1-19(2,3)31-18(29)21-9-13(26)24-25-16-12-8-6-5-7-11(12)15(22-16)23-17(28)20-10-14(27)30-4/h5-8,22H,9-10H2,1-4H3,(H,21,29)(H2,20,23,28). The highest BCUT2D eigenvalue weighted by Gasteiger charge is 2.17. The zero-order chi connectivity index (χ0) is 23.0. The fourth-order valence-electron chi connectivity index (χ4n) is 2.32. The molecule has 12 nitrogen and oxygen atoms in total. The lowest BCUT2D eigenvalue weighted by atomic mass is 10.2. The smallest absolute Gasteiger partial charge is 0.408 e. The maximum absolute atomic E-state index is 12.0. The van der Waals surface area contributed by atoms with Gasteiger partial charge in [0.05, 0.1) is 7.11 Å². The van der Waals surface area contributed by atoms with Gasteiger partial charge >= 0.3 is 18.1 Å². The number of nitrogens with zero attached hydrogens (tertiary/aromatic N) is 2. The van der Waals surface area contributed by atoms with Crippen LogP contribution >= 0.6 is 0 Å². The molecule has 0 aliphatic rings. The van der Waals surface area contributed by atoms with Crippen LogP contribution < -0.4 is 16.0 Å². The van der Waals surface area contributed by atoms with Crippen molar-refractivity contribution in [3.63, 3.8) is 0 Å². The number of aromatic amines is 1. The van der Waals surface area contributed by atoms with Crippen molar-refractivity contribution >= 4 is 46.4 Å². The van der Waals surface area contributed by atoms with Crippen LogP contribution in [-0.4, -0.2) is 54.8 Å². The Hall–Kier alpha value is -3.96. The highest BCUT2D eigenvalue weighted by atomic mass is 16.6. The fourth-order valence-corrected chi connectivity index (χ4v) is 2.32. The molecule has 0 radical (unpaired) electrons. The minimum atomic E-state index is -0.745. The number of rotatable bonds is 6. The van der Waals surface area contributed by atoms with Crippen molar-refractivity contribution in [1.29, 1.82) is 0 Å². The van der Waals surface area contributed by atoms with Gasteiger partial charge in [-0.2, -0.15) is 0 Å². The van der Waals surface area contributed by atoms with Crippen LogP contribution in [0.15, 0.2) is 34.5 Å². The summed E-state index contributed by atoms with van der Waals surface area (Å²) in [4.78, 5) is 49.5. The van der Waals surface area contributed by atoms with Gasteiger partial charge in [-0.05, 0) is 20.8 Å². The molecule has 1 aromatic heterocycles. The molecule has 1 aromatic carbocycles. The van der Waals surface area contributed by atoms with E-state index in [2.05, 4.69) is 35.9 Å². The summed E-state index contributed by atoms with van der Waals surface area (Å²) in [5.74, 6) is -0.773. The number of alkyl carbamates (subject to hydrolysis) is 1. The van der Waals surface area contributed by atoms with Gasteiger partial charge in [0.15, 0.2) is 5.82 Å². The average molecular weight is 432 g/mol. The van der Waals surface area contributed by atoms with E-state index >= 15 is 0 Å². The molecule has 4 amide bonds. The van der Waals surface area contributed by atoms with E-state index in [-0.39, 0.29) is 12.4 Å². The van der Waals surface area contributed by atoms with Gasteiger partial charge in [-0.15, -0.1) is 10.2 Å². The molecule has 0 spiro atoms. The normalized spacial score (nSPS) is 11.2. The number of hydrogen-bond acceptors (Lipinski definition) is 7. The summed E-state index contributed by atoms with van der Waals surface area (Å²) in [5.41, 5.74) is -0.690. The third-order valence-corrected chi connectivity index (χ3v) is 3.60. The third kappa shape index (κ3) is 7.42. The Morgan fingerprint density at radius 2 is 1.71 bits per heavy atom. The van der Waals surface area contributed by atoms with Crippen molar-refractivity contribution in [2.45, 2.75) is 26.4 Å². The first-order valence-electron chi connectivity index (χ1n) is 9.23. The van der Waals surface area contributed by atoms with Crippen LogP contribution in [0.5, 0.6) is 0 Å². The summed E-state index contributed by atoms with van der Waals surface area (Å²) in [6.07, 6.45) is -0.745. The summed E-state index contributed by atoms with van der Waals surface area (Å²) in [6.45, 7) is 4.41. The molecule has 0 aliphatic carbocycles. The second kappa shape index (κ2) is 10.2. The van der Waals surface area contributed by atoms with Gasteiger partial charge in [0, 0.05) is 10.8 Å². The minimum Gasteiger partial charge on any atom is -0.468 e. The fraction of sp³-hybridized carbons (Fsp3) is 0.368. The van der Waals surface area contributed by atoms with Crippen LogP contribution in [-0.2, 0) is 19.1 Å². The first kappa shape index (κ1) is 23.3. The lowest BCUT2D eigenvalue weighted by molar-refractivity contribution is -0.139. The van der Waals surface area contributed by atoms with E-state index in [1.165, 1.54) is 7.11 Å². The number of hydrogen-bond donors (Lipinski definition) is 4. The lowest BCUT2D eigenvalue weighted by Crippen LogP contribution is -2.35. The van der Waals surface area contributed by atoms with Crippen molar-refractivity contribution in [2.24, 2.45) is 10.2 Å². The molecule has 0 unspecified atom stereocenters.